The average molecular weight is 437 g/mol. The predicted octanol–water partition coefficient (Wildman–Crippen LogP) is -0.408. The smallest absolute Gasteiger partial charge is 0.235 e. The Balaban J connectivity index is 1.90. The summed E-state index contributed by atoms with van der Waals surface area (Å²) in [6, 6.07) is 4.15. The largest absolute Gasteiger partial charge is 0.367 e. The van der Waals surface area contributed by atoms with Crippen LogP contribution in [0.4, 0.5) is 0 Å². The Labute approximate surface area is 167 Å². The van der Waals surface area contributed by atoms with E-state index in [1.165, 1.54) is 0 Å². The minimum Gasteiger partial charge on any atom is -0.367 e. The molecule has 28 heavy (non-hydrogen) atoms. The summed E-state index contributed by atoms with van der Waals surface area (Å²) in [5.41, 5.74) is 1.33. The van der Waals surface area contributed by atoms with Crippen molar-refractivity contribution in [2.75, 3.05) is 0 Å². The van der Waals surface area contributed by atoms with Crippen molar-refractivity contribution >= 4 is 22.5 Å². The lowest BCUT2D eigenvalue weighted by molar-refractivity contribution is -0.0800. The highest BCUT2D eigenvalue weighted by molar-refractivity contribution is 7.77. The van der Waals surface area contributed by atoms with Crippen LogP contribution in [-0.2, 0) is 22.5 Å². The summed E-state index contributed by atoms with van der Waals surface area (Å²) >= 11 is -4.82. The number of aliphatic hydroxyl groups excluding tert-OH is 2. The molecule has 0 saturated carbocycles. The van der Waals surface area contributed by atoms with Gasteiger partial charge in [-0.15, -0.1) is 0 Å². The summed E-state index contributed by atoms with van der Waals surface area (Å²) in [6.45, 7) is 0. The second kappa shape index (κ2) is 8.92. The normalized spacial score (nSPS) is 31.7. The molecule has 0 aliphatic carbocycles. The second-order valence-electron chi connectivity index (χ2n) is 7.00. The Hall–Kier alpha value is -0.800. The Bertz CT molecular complexity index is 692. The molecule has 0 amide bonds. The fourth-order valence-electron chi connectivity index (χ4n) is 4.24. The first-order valence-electron chi connectivity index (χ1n) is 8.83. The van der Waals surface area contributed by atoms with Gasteiger partial charge in [0.25, 0.3) is 0 Å². The maximum absolute atomic E-state index is 11.8. The van der Waals surface area contributed by atoms with Gasteiger partial charge in [-0.1, -0.05) is 24.3 Å². The van der Waals surface area contributed by atoms with Gasteiger partial charge < -0.3 is 20.4 Å². The molecule has 1 aromatic rings. The maximum Gasteiger partial charge on any atom is 0.235 e. The average Bonchev–Trinajstić information content (AvgIpc) is 3.26. The van der Waals surface area contributed by atoms with E-state index in [0.717, 1.165) is 8.61 Å². The lowest BCUT2D eigenvalue weighted by Gasteiger charge is -2.29. The molecule has 2 heterocycles. The highest BCUT2D eigenvalue weighted by atomic mass is 32.2. The van der Waals surface area contributed by atoms with Gasteiger partial charge in [-0.3, -0.25) is 9.11 Å². The first-order chi connectivity index (χ1) is 13.2. The molecule has 3 rings (SSSR count). The van der Waals surface area contributed by atoms with Gasteiger partial charge in [0.15, 0.2) is 12.6 Å². The maximum atomic E-state index is 11.8. The summed E-state index contributed by atoms with van der Waals surface area (Å²) in [7, 11) is 0. The van der Waals surface area contributed by atoms with Gasteiger partial charge in [0.1, 0.15) is 0 Å². The summed E-state index contributed by atoms with van der Waals surface area (Å²) in [5, 5.41) is 38.0. The van der Waals surface area contributed by atoms with Crippen molar-refractivity contribution in [2.45, 2.75) is 62.4 Å². The first-order valence-corrected chi connectivity index (χ1v) is 11.0. The number of hydrogen-bond donors (Lipinski definition) is 6. The van der Waals surface area contributed by atoms with E-state index in [2.05, 4.69) is 0 Å². The third-order valence-corrected chi connectivity index (χ3v) is 7.24. The Kier molecular flexibility index (Phi) is 6.97. The van der Waals surface area contributed by atoms with Crippen LogP contribution < -0.4 is 0 Å². The van der Waals surface area contributed by atoms with Gasteiger partial charge in [-0.05, 0) is 36.8 Å². The molecule has 12 heteroatoms. The highest BCUT2D eigenvalue weighted by Crippen LogP contribution is 2.42. The fraction of sp³-hybridized carbons (Fsp3) is 0.625. The van der Waals surface area contributed by atoms with Crippen molar-refractivity contribution in [1.29, 1.82) is 0 Å². The molecule has 6 atom stereocenters. The molecular formula is C16H24N2O8S2. The SMILES string of the molecule is O=S(O)N1[C@@H](c2cccc([C@H]3CC[C@@H](C(O)O)N3S(=O)O)c2)CC[C@H]1C(O)O. The van der Waals surface area contributed by atoms with Gasteiger partial charge >= 0.3 is 0 Å². The van der Waals surface area contributed by atoms with Crippen LogP contribution in [-0.4, -0.2) is 71.2 Å². The first kappa shape index (κ1) is 21.9. The quantitative estimate of drug-likeness (QED) is 0.259. The zero-order valence-electron chi connectivity index (χ0n) is 14.8. The summed E-state index contributed by atoms with van der Waals surface area (Å²) < 4.78 is 45.1. The van der Waals surface area contributed by atoms with Crippen molar-refractivity contribution in [2.24, 2.45) is 0 Å². The van der Waals surface area contributed by atoms with Crippen LogP contribution in [0.2, 0.25) is 0 Å². The Morgan fingerprint density at radius 2 is 1.18 bits per heavy atom. The Morgan fingerprint density at radius 3 is 1.50 bits per heavy atom. The molecule has 158 valence electrons. The molecule has 0 aromatic heterocycles. The van der Waals surface area contributed by atoms with Gasteiger partial charge in [0.05, 0.1) is 24.2 Å². The Morgan fingerprint density at radius 1 is 0.786 bits per heavy atom. The minimum atomic E-state index is -2.41. The van der Waals surface area contributed by atoms with Crippen LogP contribution in [0.5, 0.6) is 0 Å². The van der Waals surface area contributed by atoms with Gasteiger partial charge in [-0.2, -0.15) is 8.61 Å². The number of benzene rings is 1. The third-order valence-electron chi connectivity index (χ3n) is 5.47. The number of nitrogens with zero attached hydrogens (tertiary/aromatic N) is 2. The van der Waals surface area contributed by atoms with Crippen molar-refractivity contribution in [3.63, 3.8) is 0 Å². The van der Waals surface area contributed by atoms with Gasteiger partial charge in [0, 0.05) is 0 Å². The van der Waals surface area contributed by atoms with Crippen LogP contribution in [0.25, 0.3) is 0 Å². The van der Waals surface area contributed by atoms with E-state index in [0.29, 0.717) is 36.8 Å². The zero-order chi connectivity index (χ0) is 20.6. The van der Waals surface area contributed by atoms with Gasteiger partial charge in [-0.25, -0.2) is 8.42 Å². The van der Waals surface area contributed by atoms with Crippen molar-refractivity contribution in [1.82, 2.24) is 8.61 Å². The zero-order valence-corrected chi connectivity index (χ0v) is 16.4. The molecule has 6 N–H and O–H groups in total. The lowest BCUT2D eigenvalue weighted by Crippen LogP contribution is -2.41. The van der Waals surface area contributed by atoms with Crippen molar-refractivity contribution in [3.8, 4) is 0 Å². The van der Waals surface area contributed by atoms with Crippen LogP contribution in [0.3, 0.4) is 0 Å². The van der Waals surface area contributed by atoms with Crippen LogP contribution >= 0.6 is 0 Å². The van der Waals surface area contributed by atoms with Crippen LogP contribution in [0, 0.1) is 0 Å². The van der Waals surface area contributed by atoms with Crippen molar-refractivity contribution < 1.29 is 37.9 Å². The minimum absolute atomic E-state index is 0.327. The summed E-state index contributed by atoms with van der Waals surface area (Å²) in [4.78, 5) is 0. The molecule has 2 fully saturated rings. The number of aliphatic hydroxyl groups is 4. The topological polar surface area (TPSA) is 162 Å². The van der Waals surface area contributed by atoms with E-state index in [1.54, 1.807) is 24.3 Å². The molecule has 0 spiro atoms. The van der Waals surface area contributed by atoms with E-state index < -0.39 is 59.3 Å². The molecule has 0 bridgehead atoms. The molecular weight excluding hydrogens is 412 g/mol. The van der Waals surface area contributed by atoms with E-state index in [1.807, 2.05) is 0 Å². The van der Waals surface area contributed by atoms with E-state index >= 15 is 0 Å². The molecule has 2 aliphatic heterocycles. The predicted molar refractivity (Wildman–Crippen MR) is 99.6 cm³/mol. The molecule has 1 aromatic carbocycles. The summed E-state index contributed by atoms with van der Waals surface area (Å²) in [6.07, 6.45) is -1.97. The molecule has 2 saturated heterocycles. The second-order valence-corrected chi connectivity index (χ2v) is 8.77. The van der Waals surface area contributed by atoms with E-state index in [9.17, 15) is 37.9 Å². The summed E-state index contributed by atoms with van der Waals surface area (Å²) in [5.74, 6) is 0. The molecule has 0 radical (unpaired) electrons. The van der Waals surface area contributed by atoms with E-state index in [-0.39, 0.29) is 0 Å². The van der Waals surface area contributed by atoms with Crippen LogP contribution in [0.15, 0.2) is 24.3 Å². The molecule has 2 aliphatic rings. The van der Waals surface area contributed by atoms with Crippen molar-refractivity contribution in [3.05, 3.63) is 35.4 Å². The van der Waals surface area contributed by atoms with Crippen LogP contribution in [0.1, 0.15) is 48.9 Å². The number of rotatable bonds is 6. The fourth-order valence-corrected chi connectivity index (χ4v) is 6.02. The van der Waals surface area contributed by atoms with Gasteiger partial charge in [0.2, 0.25) is 22.5 Å². The monoisotopic (exact) mass is 436 g/mol. The molecule has 10 nitrogen and oxygen atoms in total. The lowest BCUT2D eigenvalue weighted by atomic mass is 9.98. The number of hydrogen-bond acceptors (Lipinski definition) is 6. The molecule has 2 unspecified atom stereocenters. The standard InChI is InChI=1S/C16H24N2O8S2/c19-15(20)13-6-4-11(17(13)27(23)24)9-2-1-3-10(8-9)12-5-7-14(16(21)22)18(12)28(25)26/h1-3,8,11-16,19-22H,4-7H2,(H,23,24)(H,25,26)/t11-,12-,13+,14+/m1/s1. The van der Waals surface area contributed by atoms with E-state index in [4.69, 9.17) is 0 Å². The highest BCUT2D eigenvalue weighted by Gasteiger charge is 2.43. The third kappa shape index (κ3) is 4.21.